The number of benzene rings is 2. The molecule has 0 unspecified atom stereocenters. The van der Waals surface area contributed by atoms with Gasteiger partial charge in [-0.1, -0.05) is 24.3 Å². The molecule has 1 aliphatic rings. The summed E-state index contributed by atoms with van der Waals surface area (Å²) in [4.78, 5) is 16.8. The molecule has 3 N–H and O–H groups in total. The van der Waals surface area contributed by atoms with Crippen molar-refractivity contribution < 1.29 is 21.6 Å². The first-order chi connectivity index (χ1) is 13.1. The smallest absolute Gasteiger partial charge is 0.263 e. The maximum absolute atomic E-state index is 12.5. The van der Waals surface area contributed by atoms with E-state index in [1.54, 1.807) is 36.4 Å². The molecular weight excluding hydrogens is 404 g/mol. The fourth-order valence-corrected chi connectivity index (χ4v) is 4.42. The number of carbonyl (C=O) groups excluding carboxylic acids is 1. The summed E-state index contributed by atoms with van der Waals surface area (Å²) in [7, 11) is -7.23. The molecule has 0 spiro atoms. The summed E-state index contributed by atoms with van der Waals surface area (Å²) in [6, 6.07) is 11.7. The molecule has 2 aromatic rings. The van der Waals surface area contributed by atoms with Crippen molar-refractivity contribution in [1.29, 1.82) is 0 Å². The van der Waals surface area contributed by atoms with Crippen molar-refractivity contribution in [2.75, 3.05) is 16.3 Å². The van der Waals surface area contributed by atoms with Gasteiger partial charge in [0.05, 0.1) is 22.5 Å². The molecule has 1 aliphatic heterocycles. The number of fused-ring (bicyclic) bond motifs is 1. The van der Waals surface area contributed by atoms with Crippen LogP contribution in [0.1, 0.15) is 12.5 Å². The Labute approximate surface area is 163 Å². The van der Waals surface area contributed by atoms with Crippen molar-refractivity contribution in [1.82, 2.24) is 4.72 Å². The Kier molecular flexibility index (Phi) is 5.13. The van der Waals surface area contributed by atoms with Crippen molar-refractivity contribution in [2.24, 2.45) is 4.99 Å². The lowest BCUT2D eigenvalue weighted by molar-refractivity contribution is -0.117. The summed E-state index contributed by atoms with van der Waals surface area (Å²) in [5.41, 5.74) is 0.865. The summed E-state index contributed by atoms with van der Waals surface area (Å²) in [5.74, 6) is -0.445. The molecule has 11 heteroatoms. The van der Waals surface area contributed by atoms with E-state index in [1.165, 1.54) is 19.1 Å². The lowest BCUT2D eigenvalue weighted by atomic mass is 10.2. The molecular formula is C17H18N4O5S2. The number of sulfonamides is 2. The highest BCUT2D eigenvalue weighted by Gasteiger charge is 2.31. The number of nitrogens with zero attached hydrogens (tertiary/aromatic N) is 1. The second-order valence-corrected chi connectivity index (χ2v) is 9.56. The highest BCUT2D eigenvalue weighted by molar-refractivity contribution is 7.92. The van der Waals surface area contributed by atoms with Crippen LogP contribution in [0.4, 0.5) is 11.4 Å². The van der Waals surface area contributed by atoms with Gasteiger partial charge in [0.25, 0.3) is 10.0 Å². The number of para-hydroxylation sites is 2. The van der Waals surface area contributed by atoms with E-state index in [9.17, 15) is 21.6 Å². The van der Waals surface area contributed by atoms with Gasteiger partial charge in [-0.2, -0.15) is 0 Å². The van der Waals surface area contributed by atoms with Gasteiger partial charge in [-0.05, 0) is 31.2 Å². The Hall–Kier alpha value is -2.92. The third-order valence-corrected chi connectivity index (χ3v) is 5.83. The molecule has 1 atom stereocenters. The molecule has 1 heterocycles. The molecule has 0 saturated heterocycles. The summed E-state index contributed by atoms with van der Waals surface area (Å²) in [6.45, 7) is 1.50. The van der Waals surface area contributed by atoms with Gasteiger partial charge in [-0.15, -0.1) is 0 Å². The van der Waals surface area contributed by atoms with Crippen LogP contribution in [0.15, 0.2) is 58.4 Å². The van der Waals surface area contributed by atoms with Gasteiger partial charge in [-0.3, -0.25) is 19.2 Å². The third kappa shape index (κ3) is 4.31. The van der Waals surface area contributed by atoms with Crippen molar-refractivity contribution in [3.8, 4) is 0 Å². The maximum atomic E-state index is 12.5. The maximum Gasteiger partial charge on any atom is 0.263 e. The van der Waals surface area contributed by atoms with Gasteiger partial charge in [-0.25, -0.2) is 16.8 Å². The van der Waals surface area contributed by atoms with E-state index in [0.29, 0.717) is 5.56 Å². The Bertz CT molecular complexity index is 1170. The molecule has 148 valence electrons. The summed E-state index contributed by atoms with van der Waals surface area (Å²) < 4.78 is 51.8. The quantitative estimate of drug-likeness (QED) is 0.664. The van der Waals surface area contributed by atoms with E-state index >= 15 is 0 Å². The molecule has 9 nitrogen and oxygen atoms in total. The largest absolute Gasteiger partial charge is 0.322 e. The van der Waals surface area contributed by atoms with Crippen molar-refractivity contribution in [2.45, 2.75) is 17.9 Å². The Morgan fingerprint density at radius 1 is 1.07 bits per heavy atom. The molecule has 0 aliphatic carbocycles. The summed E-state index contributed by atoms with van der Waals surface area (Å²) in [5, 5.41) is 2.60. The first-order valence-electron chi connectivity index (χ1n) is 8.14. The van der Waals surface area contributed by atoms with Crippen LogP contribution in [0, 0.1) is 0 Å². The number of hydrogen-bond donors (Lipinski definition) is 3. The first-order valence-corrected chi connectivity index (χ1v) is 11.5. The SMILES string of the molecule is C[C@H](N=C1NS(=O)(=O)c2ccccc21)C(=O)Nc1ccccc1NS(C)(=O)=O. The molecule has 0 aromatic heterocycles. The topological polar surface area (TPSA) is 134 Å². The van der Waals surface area contributed by atoms with E-state index < -0.39 is 32.0 Å². The number of amidine groups is 1. The fraction of sp³-hybridized carbons (Fsp3) is 0.176. The number of nitrogens with one attached hydrogen (secondary N) is 3. The van der Waals surface area contributed by atoms with E-state index in [1.807, 2.05) is 0 Å². The zero-order valence-corrected chi connectivity index (χ0v) is 16.6. The number of anilines is 2. The lowest BCUT2D eigenvalue weighted by Crippen LogP contribution is -2.29. The standard InChI is InChI=1S/C17H18N4O5S2/c1-11(18-16-12-7-3-6-10-15(12)28(25,26)21-16)17(22)19-13-8-4-5-9-14(13)20-27(2,23)24/h3-11,20H,1-2H3,(H,18,21)(H,19,22)/t11-/m0/s1. The zero-order chi connectivity index (χ0) is 20.5. The molecule has 28 heavy (non-hydrogen) atoms. The van der Waals surface area contributed by atoms with E-state index in [0.717, 1.165) is 6.26 Å². The van der Waals surface area contributed by atoms with Crippen LogP contribution < -0.4 is 14.8 Å². The molecule has 0 radical (unpaired) electrons. The number of aliphatic imine (C=N–C) groups is 1. The fourth-order valence-electron chi connectivity index (χ4n) is 2.60. The number of rotatable bonds is 5. The van der Waals surface area contributed by atoms with E-state index in [2.05, 4.69) is 19.8 Å². The molecule has 0 bridgehead atoms. The summed E-state index contributed by atoms with van der Waals surface area (Å²) in [6.07, 6.45) is 1.00. The van der Waals surface area contributed by atoms with E-state index in [4.69, 9.17) is 0 Å². The van der Waals surface area contributed by atoms with Gasteiger partial charge in [0, 0.05) is 5.56 Å². The minimum Gasteiger partial charge on any atom is -0.322 e. The minimum absolute atomic E-state index is 0.0841. The number of amides is 1. The molecule has 0 fully saturated rings. The summed E-state index contributed by atoms with van der Waals surface area (Å²) >= 11 is 0. The van der Waals surface area contributed by atoms with Crippen LogP contribution in [0.5, 0.6) is 0 Å². The predicted molar refractivity (Wildman–Crippen MR) is 106 cm³/mol. The van der Waals surface area contributed by atoms with Gasteiger partial charge in [0.1, 0.15) is 11.9 Å². The molecule has 3 rings (SSSR count). The van der Waals surface area contributed by atoms with Crippen molar-refractivity contribution in [3.63, 3.8) is 0 Å². The van der Waals surface area contributed by atoms with Crippen molar-refractivity contribution >= 4 is 43.2 Å². The van der Waals surface area contributed by atoms with Gasteiger partial charge in [0.2, 0.25) is 15.9 Å². The highest BCUT2D eigenvalue weighted by atomic mass is 32.2. The van der Waals surface area contributed by atoms with Gasteiger partial charge in [0.15, 0.2) is 0 Å². The number of hydrogen-bond acceptors (Lipinski definition) is 6. The molecule has 2 aromatic carbocycles. The molecule has 0 saturated carbocycles. The lowest BCUT2D eigenvalue weighted by Gasteiger charge is -2.14. The average molecular weight is 422 g/mol. The first kappa shape index (κ1) is 19.8. The van der Waals surface area contributed by atoms with Crippen LogP contribution in [0.3, 0.4) is 0 Å². The van der Waals surface area contributed by atoms with Crippen LogP contribution in [-0.2, 0) is 24.8 Å². The van der Waals surface area contributed by atoms with Crippen molar-refractivity contribution in [3.05, 3.63) is 54.1 Å². The highest BCUT2D eigenvalue weighted by Crippen LogP contribution is 2.24. The Morgan fingerprint density at radius 2 is 1.68 bits per heavy atom. The van der Waals surface area contributed by atoms with Crippen LogP contribution >= 0.6 is 0 Å². The minimum atomic E-state index is -3.70. The van der Waals surface area contributed by atoms with Gasteiger partial charge >= 0.3 is 0 Å². The van der Waals surface area contributed by atoms with Crippen LogP contribution in [0.2, 0.25) is 0 Å². The third-order valence-electron chi connectivity index (χ3n) is 3.85. The van der Waals surface area contributed by atoms with Gasteiger partial charge < -0.3 is 5.32 Å². The average Bonchev–Trinajstić information content (AvgIpc) is 2.86. The monoisotopic (exact) mass is 422 g/mol. The zero-order valence-electron chi connectivity index (χ0n) is 15.0. The second-order valence-electron chi connectivity index (χ2n) is 6.16. The van der Waals surface area contributed by atoms with E-state index in [-0.39, 0.29) is 22.1 Å². The Morgan fingerprint density at radius 3 is 2.36 bits per heavy atom. The number of carbonyl (C=O) groups is 1. The van der Waals surface area contributed by atoms with Crippen LogP contribution in [-0.4, -0.2) is 40.9 Å². The normalized spacial score (nSPS) is 17.4. The Balaban J connectivity index is 1.83. The second kappa shape index (κ2) is 7.24. The molecule has 1 amide bonds. The predicted octanol–water partition coefficient (Wildman–Crippen LogP) is 1.12. The van der Waals surface area contributed by atoms with Crippen LogP contribution in [0.25, 0.3) is 0 Å².